The molecule has 0 fully saturated rings. The average Bonchev–Trinajstić information content (AvgIpc) is 3.64. The molecule has 2 heterocycles. The molecule has 7 heteroatoms. The first kappa shape index (κ1) is 36.0. The summed E-state index contributed by atoms with van der Waals surface area (Å²) in [6.45, 7) is 10.6. The molecule has 1 aromatic heterocycles. The van der Waals surface area contributed by atoms with E-state index in [1.165, 1.54) is 5.69 Å². The van der Waals surface area contributed by atoms with Gasteiger partial charge in [0.1, 0.15) is 16.7 Å². The van der Waals surface area contributed by atoms with Crippen LogP contribution < -0.4 is 14.8 Å². The third-order valence-corrected chi connectivity index (χ3v) is 10.4. The molecule has 1 atom stereocenters. The molecule has 1 aliphatic heterocycles. The highest BCUT2D eigenvalue weighted by atomic mass is 15.6. The van der Waals surface area contributed by atoms with E-state index >= 15 is 0 Å². The van der Waals surface area contributed by atoms with Crippen LogP contribution in [-0.4, -0.2) is 21.5 Å². The lowest BCUT2D eigenvalue weighted by Gasteiger charge is -2.47. The zero-order chi connectivity index (χ0) is 38.9. The van der Waals surface area contributed by atoms with Crippen molar-refractivity contribution in [3.63, 3.8) is 0 Å². The summed E-state index contributed by atoms with van der Waals surface area (Å²) >= 11 is 0. The lowest BCUT2D eigenvalue weighted by atomic mass is 9.91. The van der Waals surface area contributed by atoms with E-state index in [1.807, 2.05) is 4.80 Å². The van der Waals surface area contributed by atoms with Crippen LogP contribution in [0, 0.1) is 11.8 Å². The first-order valence-corrected chi connectivity index (χ1v) is 20.0. The summed E-state index contributed by atoms with van der Waals surface area (Å²) < 4.78 is 0. The van der Waals surface area contributed by atoms with Gasteiger partial charge < -0.3 is 20.2 Å². The summed E-state index contributed by atoms with van der Waals surface area (Å²) in [6, 6.07) is 59.9. The summed E-state index contributed by atoms with van der Waals surface area (Å²) in [5.74, 6) is 0.840. The molecular weight excluding hydrogens is 699 g/mol. The topological polar surface area (TPSA) is 55.7 Å². The maximum absolute atomic E-state index is 5.31. The monoisotopic (exact) mass is 745 g/mol. The average molecular weight is 746 g/mol. The molecule has 0 radical (unpaired) electrons. The predicted molar refractivity (Wildman–Crippen MR) is 236 cm³/mol. The van der Waals surface area contributed by atoms with E-state index < -0.39 is 0 Å². The molecule has 0 bridgehead atoms. The molecule has 7 nitrogen and oxygen atoms in total. The number of hydrogen-bond donors (Lipinski definition) is 1. The zero-order valence-corrected chi connectivity index (χ0v) is 32.9. The van der Waals surface area contributed by atoms with Gasteiger partial charge in [-0.2, -0.15) is 15.0 Å². The molecule has 7 aromatic carbocycles. The van der Waals surface area contributed by atoms with Gasteiger partial charge in [0, 0.05) is 45.6 Å². The molecule has 0 spiro atoms. The van der Waals surface area contributed by atoms with E-state index in [0.29, 0.717) is 11.8 Å². The summed E-state index contributed by atoms with van der Waals surface area (Å²) in [5, 5.41) is 11.6. The number of nitrogens with zero attached hydrogens (tertiary/aromatic N) is 6. The summed E-state index contributed by atoms with van der Waals surface area (Å²) in [6.07, 6.45) is 0. The molecule has 8 aromatic rings. The van der Waals surface area contributed by atoms with E-state index in [4.69, 9.17) is 15.6 Å². The molecule has 1 aliphatic rings. The highest BCUT2D eigenvalue weighted by molar-refractivity contribution is 6.13. The van der Waals surface area contributed by atoms with E-state index in [-0.39, 0.29) is 0 Å². The van der Waals surface area contributed by atoms with Crippen LogP contribution in [-0.2, 0) is 6.54 Å². The van der Waals surface area contributed by atoms with E-state index in [0.717, 1.165) is 91.2 Å². The molecular formula is C50H47N7. The van der Waals surface area contributed by atoms with Crippen LogP contribution in [0.1, 0.15) is 27.7 Å². The summed E-state index contributed by atoms with van der Waals surface area (Å²) in [7, 11) is 0. The number of fused-ring (bicyclic) bond motifs is 2. The Balaban J connectivity index is 1.19. The predicted octanol–water partition coefficient (Wildman–Crippen LogP) is 12.5. The van der Waals surface area contributed by atoms with Crippen LogP contribution in [0.2, 0.25) is 0 Å². The Morgan fingerprint density at radius 3 is 1.23 bits per heavy atom. The van der Waals surface area contributed by atoms with Crippen molar-refractivity contribution >= 4 is 56.5 Å². The number of benzene rings is 7. The quantitative estimate of drug-likeness (QED) is 0.135. The van der Waals surface area contributed by atoms with Gasteiger partial charge in [0.25, 0.3) is 0 Å². The maximum Gasteiger partial charge on any atom is 0.127 e. The fourth-order valence-corrected chi connectivity index (χ4v) is 7.94. The highest BCUT2D eigenvalue weighted by Gasteiger charge is 2.33. The molecule has 0 saturated heterocycles. The second kappa shape index (κ2) is 15.4. The van der Waals surface area contributed by atoms with Crippen LogP contribution in [0.25, 0.3) is 38.7 Å². The SMILES string of the molecule is CC(C)Cn1nc2c(-c3ccc(N(c4ccccc4)c4ccccc4)cc3)c3c(c(-c4ccc(N(c5ccccc5)c5ccccc5)cc4)c2n1)[NH+](CC(C)C)[N-]3. The van der Waals surface area contributed by atoms with Crippen molar-refractivity contribution in [1.29, 1.82) is 0 Å². The van der Waals surface area contributed by atoms with Crippen LogP contribution in [0.15, 0.2) is 170 Å². The molecule has 0 amide bonds. The number of para-hydroxylation sites is 4. The van der Waals surface area contributed by atoms with Crippen LogP contribution in [0.4, 0.5) is 45.5 Å². The number of anilines is 6. The Hall–Kier alpha value is -6.70. The van der Waals surface area contributed by atoms with Gasteiger partial charge in [-0.25, -0.2) is 0 Å². The van der Waals surface area contributed by atoms with Gasteiger partial charge in [-0.15, -0.1) is 0 Å². The fourth-order valence-electron chi connectivity index (χ4n) is 7.94. The summed E-state index contributed by atoms with van der Waals surface area (Å²) in [5.41, 5.74) is 20.2. The molecule has 1 N–H and O–H groups in total. The maximum atomic E-state index is 5.31. The van der Waals surface area contributed by atoms with Crippen LogP contribution in [0.5, 0.6) is 0 Å². The normalized spacial score (nSPS) is 13.3. The number of quaternary nitrogens is 1. The number of nitrogens with one attached hydrogen (secondary N) is 1. The van der Waals surface area contributed by atoms with E-state index in [9.17, 15) is 0 Å². The Morgan fingerprint density at radius 2 is 0.842 bits per heavy atom. The molecule has 0 saturated carbocycles. The molecule has 9 rings (SSSR count). The second-order valence-corrected chi connectivity index (χ2v) is 15.6. The minimum atomic E-state index is 0.387. The highest BCUT2D eigenvalue weighted by Crippen LogP contribution is 2.52. The largest absolute Gasteiger partial charge is 0.478 e. The standard InChI is InChI=1S/C50H47N7/c1-35(2)33-54-50-46(38-27-31-44(32-28-38)57(41-21-13-7-14-22-41)42-23-15-8-16-24-42)48-47(52-55(53-48)34-36(3)4)45(49(50)51-54)37-25-29-43(30-26-37)56(39-17-9-5-10-18-39)40-19-11-6-12-20-40/h5-32,35-36,54H,33-34H2,1-4H3. The third-order valence-electron chi connectivity index (χ3n) is 10.4. The van der Waals surface area contributed by atoms with Crippen molar-refractivity contribution in [2.75, 3.05) is 16.3 Å². The van der Waals surface area contributed by atoms with Gasteiger partial charge in [0.05, 0.1) is 18.7 Å². The van der Waals surface area contributed by atoms with Gasteiger partial charge in [0.2, 0.25) is 0 Å². The number of aromatic nitrogens is 3. The Bertz CT molecular complexity index is 2510. The van der Waals surface area contributed by atoms with E-state index in [1.54, 1.807) is 0 Å². The van der Waals surface area contributed by atoms with Crippen LogP contribution >= 0.6 is 0 Å². The Kier molecular flexibility index (Phi) is 9.74. The van der Waals surface area contributed by atoms with Crippen molar-refractivity contribution < 1.29 is 5.01 Å². The first-order chi connectivity index (χ1) is 27.9. The van der Waals surface area contributed by atoms with Crippen molar-refractivity contribution in [3.8, 4) is 22.3 Å². The van der Waals surface area contributed by atoms with Crippen molar-refractivity contribution in [3.05, 3.63) is 175 Å². The molecule has 57 heavy (non-hydrogen) atoms. The van der Waals surface area contributed by atoms with E-state index in [2.05, 4.69) is 207 Å². The minimum Gasteiger partial charge on any atom is -0.478 e. The number of hydrogen-bond acceptors (Lipinski definition) is 4. The zero-order valence-electron chi connectivity index (χ0n) is 32.9. The lowest BCUT2D eigenvalue weighted by molar-refractivity contribution is -0.805. The van der Waals surface area contributed by atoms with Crippen LogP contribution in [0.3, 0.4) is 0 Å². The number of rotatable bonds is 12. The second-order valence-electron chi connectivity index (χ2n) is 15.6. The molecule has 282 valence electrons. The van der Waals surface area contributed by atoms with Crippen molar-refractivity contribution in [2.24, 2.45) is 11.8 Å². The lowest BCUT2D eigenvalue weighted by Crippen LogP contribution is -3.07. The summed E-state index contributed by atoms with van der Waals surface area (Å²) in [4.78, 5) is 6.48. The third kappa shape index (κ3) is 7.03. The van der Waals surface area contributed by atoms with Gasteiger partial charge in [-0.1, -0.05) is 125 Å². The fraction of sp³-hybridized carbons (Fsp3) is 0.160. The van der Waals surface area contributed by atoms with Gasteiger partial charge in [-0.3, -0.25) is 0 Å². The van der Waals surface area contributed by atoms with Gasteiger partial charge in [-0.05, 0) is 95.5 Å². The van der Waals surface area contributed by atoms with Crippen molar-refractivity contribution in [1.82, 2.24) is 15.0 Å². The van der Waals surface area contributed by atoms with Gasteiger partial charge in [0.15, 0.2) is 0 Å². The van der Waals surface area contributed by atoms with Gasteiger partial charge >= 0.3 is 0 Å². The first-order valence-electron chi connectivity index (χ1n) is 20.0. The molecule has 0 aliphatic carbocycles. The Morgan fingerprint density at radius 1 is 0.474 bits per heavy atom. The Labute approximate surface area is 335 Å². The smallest absolute Gasteiger partial charge is 0.127 e. The minimum absolute atomic E-state index is 0.387. The van der Waals surface area contributed by atoms with Crippen molar-refractivity contribution in [2.45, 2.75) is 34.2 Å². The molecule has 1 unspecified atom stereocenters.